The second-order valence-electron chi connectivity index (χ2n) is 30.2. The number of rotatable bonds is 58. The smallest absolute Gasteiger partial charge is 0.373 e. The van der Waals surface area contributed by atoms with Crippen LogP contribution in [-0.2, 0) is 106 Å². The summed E-state index contributed by atoms with van der Waals surface area (Å²) in [5, 5.41) is 79.4. The maximum atomic E-state index is 15.2. The van der Waals surface area contributed by atoms with Crippen LogP contribution >= 0.6 is 32.9 Å². The predicted molar refractivity (Wildman–Crippen MR) is 448 cm³/mol. The van der Waals surface area contributed by atoms with E-state index in [2.05, 4.69) is 47.5 Å². The van der Waals surface area contributed by atoms with Crippen LogP contribution in [0.4, 0.5) is 9.59 Å². The number of carbonyl (C=O) groups is 17. The zero-order chi connectivity index (χ0) is 91.8. The molecule has 0 radical (unpaired) electrons. The highest BCUT2D eigenvalue weighted by atomic mass is 33.1. The Bertz CT molecular complexity index is 4050. The van der Waals surface area contributed by atoms with Crippen LogP contribution < -0.4 is 42.5 Å². The molecule has 1 fully saturated rings. The zero-order valence-corrected chi connectivity index (χ0v) is 72.9. The molecule has 9 amide bonds. The number of aromatic hydroxyl groups is 1. The van der Waals surface area contributed by atoms with Crippen LogP contribution in [0.1, 0.15) is 202 Å². The van der Waals surface area contributed by atoms with Crippen LogP contribution in [0.5, 0.6) is 5.75 Å². The highest BCUT2D eigenvalue weighted by Gasteiger charge is 2.40. The van der Waals surface area contributed by atoms with Gasteiger partial charge in [0, 0.05) is 112 Å². The van der Waals surface area contributed by atoms with E-state index in [0.29, 0.717) is 55.2 Å². The molecule has 4 rings (SSSR count). The summed E-state index contributed by atoms with van der Waals surface area (Å²) in [6, 6.07) is 4.79. The number of carboxylic acids is 5. The lowest BCUT2D eigenvalue weighted by Gasteiger charge is -2.40. The van der Waals surface area contributed by atoms with E-state index in [4.69, 9.17) is 24.2 Å². The van der Waals surface area contributed by atoms with Crippen molar-refractivity contribution in [3.05, 3.63) is 81.3 Å². The van der Waals surface area contributed by atoms with Gasteiger partial charge in [0.15, 0.2) is 17.7 Å². The Hall–Kier alpha value is -10.9. The number of likely N-dealkylation sites (tertiary alicyclic amines) is 1. The Morgan fingerprint density at radius 3 is 1.93 bits per heavy atom. The van der Waals surface area contributed by atoms with Crippen LogP contribution in [0.15, 0.2) is 53.9 Å². The second-order valence-corrected chi connectivity index (χ2v) is 33.7. The number of thiazole rings is 1. The number of aromatic nitrogens is 1. The number of carboxylic acid groups (broad SMARTS) is 5. The number of aliphatic carboxylic acids is 5. The maximum absolute atomic E-state index is 15.2. The van der Waals surface area contributed by atoms with Crippen molar-refractivity contribution in [3.8, 4) is 5.75 Å². The number of amides is 9. The molecule has 0 bridgehead atoms. The fourth-order valence-corrected chi connectivity index (χ4v) is 16.1. The van der Waals surface area contributed by atoms with Gasteiger partial charge in [-0.1, -0.05) is 112 Å². The molecule has 11 atom stereocenters. The quantitative estimate of drug-likeness (QED) is 0.0180. The van der Waals surface area contributed by atoms with E-state index in [-0.39, 0.29) is 160 Å². The molecule has 38 nitrogen and oxygen atoms in total. The third-order valence-electron chi connectivity index (χ3n) is 20.1. The van der Waals surface area contributed by atoms with Crippen LogP contribution in [0.25, 0.3) is 0 Å². The Morgan fingerprint density at radius 1 is 0.675 bits per heavy atom. The molecule has 1 unspecified atom stereocenters. The number of nitrogens with one attached hydrogen (secondary N) is 8. The summed E-state index contributed by atoms with van der Waals surface area (Å²) in [6.07, 6.45) is 1.11. The molecule has 1 aliphatic rings. The maximum Gasteiger partial charge on any atom is 0.373 e. The third kappa shape index (κ3) is 42.2. The van der Waals surface area contributed by atoms with Gasteiger partial charge in [-0.2, -0.15) is 9.59 Å². The minimum Gasteiger partial charge on any atom is -0.508 e. The number of phenols is 1. The first-order chi connectivity index (χ1) is 58.3. The molecule has 680 valence electrons. The fraction of sp³-hybridized carbons (Fsp3) is 0.598. The summed E-state index contributed by atoms with van der Waals surface area (Å²) in [7, 11) is 3.88. The number of nitrogens with zero attached hydrogens (tertiary/aromatic N) is 3. The molecular formula is C82H117N11O27S3. The Morgan fingerprint density at radius 2 is 1.32 bits per heavy atom. The van der Waals surface area contributed by atoms with Crippen molar-refractivity contribution >= 4 is 140 Å². The fourth-order valence-electron chi connectivity index (χ4n) is 13.3. The number of carbonyl (C=O) groups excluding carboxylic acids is 14. The highest BCUT2D eigenvalue weighted by Crippen LogP contribution is 2.35. The molecule has 3 aromatic rings. The minimum absolute atomic E-state index is 0.00682. The molecule has 1 aliphatic heterocycles. The van der Waals surface area contributed by atoms with Crippen molar-refractivity contribution in [2.75, 3.05) is 57.9 Å². The molecule has 14 N–H and O–H groups in total. The molecule has 2 heterocycles. The summed E-state index contributed by atoms with van der Waals surface area (Å²) in [6.45, 7) is 12.7. The number of phenolic OH excluding ortho intramolecular Hbond substituents is 1. The van der Waals surface area contributed by atoms with Crippen molar-refractivity contribution in [1.29, 1.82) is 0 Å². The number of urea groups is 2. The van der Waals surface area contributed by atoms with Crippen LogP contribution in [0, 0.1) is 29.6 Å². The molecular weight excluding hydrogens is 1670 g/mol. The van der Waals surface area contributed by atoms with Gasteiger partial charge in [0.2, 0.25) is 23.6 Å². The number of unbranched alkanes of at least 4 members (excludes halogenated alkanes) is 1. The SMILES string of the molecule is CCCC(=O)CCN(C(=O)[C@@H](CC(=O)[C@H]1CCCCN1C)C(C)CC)[C@H](C[C@@H](OC(C)=O)c1nc(C(=O)N[C@@H](Cc2ccc(O)cc2)C[C@H](C)C(=O)NCC(=O)OCCSSC[C@H](NC(=O)[C@H](CC(=O)O)CC(=O)[C@H](CC(=O)O)NC(=O)Cc2ccc(CNC(=O)NCCCC[C@H](NC(=O)NCCCC(=O)O)C(=O)O)cc2)C(=O)O)cs1)C(C)C.O=C=O. The number of piperidine rings is 1. The average molecular weight is 1790 g/mol. The highest BCUT2D eigenvalue weighted by molar-refractivity contribution is 8.76. The van der Waals surface area contributed by atoms with E-state index in [1.54, 1.807) is 36.1 Å². The Labute approximate surface area is 724 Å². The van der Waals surface area contributed by atoms with E-state index < -0.39 is 163 Å². The van der Waals surface area contributed by atoms with Gasteiger partial charge in [-0.15, -0.1) is 11.3 Å². The van der Waals surface area contributed by atoms with Crippen LogP contribution in [0.2, 0.25) is 0 Å². The first kappa shape index (κ1) is 106. The van der Waals surface area contributed by atoms with Crippen molar-refractivity contribution < 1.29 is 131 Å². The van der Waals surface area contributed by atoms with Crippen molar-refractivity contribution in [3.63, 3.8) is 0 Å². The van der Waals surface area contributed by atoms with Crippen molar-refractivity contribution in [2.24, 2.45) is 29.6 Å². The van der Waals surface area contributed by atoms with E-state index >= 15 is 4.79 Å². The molecule has 41 heteroatoms. The normalized spacial score (nSPS) is 14.9. The topological polar surface area (TPSA) is 580 Å². The lowest BCUT2D eigenvalue weighted by Crippen LogP contribution is -2.50. The van der Waals surface area contributed by atoms with Crippen LogP contribution in [-0.4, -0.2) is 246 Å². The van der Waals surface area contributed by atoms with Gasteiger partial charge in [0.25, 0.3) is 5.91 Å². The molecule has 2 aromatic carbocycles. The summed E-state index contributed by atoms with van der Waals surface area (Å²) in [4.78, 5) is 244. The first-order valence-electron chi connectivity index (χ1n) is 40.6. The Balaban J connectivity index is 0.0000128. The minimum atomic E-state index is -1.75. The molecule has 1 saturated heterocycles. The van der Waals surface area contributed by atoms with E-state index in [0.717, 1.165) is 52.3 Å². The van der Waals surface area contributed by atoms with E-state index in [1.807, 2.05) is 46.6 Å². The number of hydrogen-bond acceptors (Lipinski definition) is 27. The van der Waals surface area contributed by atoms with Gasteiger partial charge in [-0.3, -0.25) is 67.2 Å². The van der Waals surface area contributed by atoms with Crippen molar-refractivity contribution in [1.82, 2.24) is 57.3 Å². The van der Waals surface area contributed by atoms with Gasteiger partial charge < -0.3 is 87.5 Å². The number of ether oxygens (including phenoxy) is 2. The lowest BCUT2D eigenvalue weighted by atomic mass is 9.82. The van der Waals surface area contributed by atoms with E-state index in [1.165, 1.54) is 36.6 Å². The molecule has 0 spiro atoms. The standard InChI is InChI=1S/C81H117N11O25S3.CO2/c1-9-16-56(94)28-32-92(77(109)58(48(5)10-2)40-66(97)63-18-12-14-31-91(63)8)64(47(3)4)42-67(117-50(7)93)76-89-61(45-118-76)75(108)86-55(36-51-24-26-57(95)27-25-51)35-49(6)73(106)84-44-72(105)116-33-34-119-120-46-62(79(112)113)88-74(107)54(39-70(101)102)38-65(96)60(41-71(103)104)87-68(98)37-52-20-22-53(23-21-52)43-85-80(114)82-29-13-11-17-59(78(110)111)90-81(115)83-30-15-19-69(99)100;2-1-3/h20-27,45,47-49,54-55,58-60,62-64,67,95H,9-19,28-44,46H2,1-8H3,(H,84,106)(H,86,108)(H,87,98)(H,88,107)(H,99,100)(H,101,102)(H,103,104)(H,110,111)(H,112,113)(H2,82,85,114)(H2,83,90,115);/t48?,49-,54-,55+,58-,59-,60-,62-,63+,64+,67+;/m0./s1. The summed E-state index contributed by atoms with van der Waals surface area (Å²) < 4.78 is 11.2. The van der Waals surface area contributed by atoms with Crippen molar-refractivity contribution in [2.45, 2.75) is 226 Å². The monoisotopic (exact) mass is 1780 g/mol. The number of ketones is 3. The molecule has 1 aromatic heterocycles. The molecule has 123 heavy (non-hydrogen) atoms. The van der Waals surface area contributed by atoms with Gasteiger partial charge in [0.1, 0.15) is 47.5 Å². The van der Waals surface area contributed by atoms with Crippen LogP contribution in [0.3, 0.4) is 0 Å². The summed E-state index contributed by atoms with van der Waals surface area (Å²) >= 11 is 1.06. The largest absolute Gasteiger partial charge is 0.508 e. The molecule has 0 aliphatic carbocycles. The zero-order valence-electron chi connectivity index (χ0n) is 70.5. The third-order valence-corrected chi connectivity index (χ3v) is 23.4. The number of hydrogen-bond donors (Lipinski definition) is 14. The number of likely N-dealkylation sites (N-methyl/N-ethyl adjacent to an activating group) is 1. The van der Waals surface area contributed by atoms with Gasteiger partial charge >= 0.3 is 60.0 Å². The number of esters is 2. The number of Topliss-reactive ketones (excluding diaryl/α,β-unsaturated/α-hetero) is 3. The van der Waals surface area contributed by atoms with E-state index in [9.17, 15) is 102 Å². The molecule has 0 saturated carbocycles. The summed E-state index contributed by atoms with van der Waals surface area (Å²) in [5.41, 5.74) is 1.62. The number of benzene rings is 2. The van der Waals surface area contributed by atoms with Gasteiger partial charge in [0.05, 0.1) is 37.3 Å². The Kier molecular flexibility index (Phi) is 49.6. The predicted octanol–water partition coefficient (Wildman–Crippen LogP) is 5.79. The average Bonchev–Trinajstić information content (AvgIpc) is 1.78. The first-order valence-corrected chi connectivity index (χ1v) is 44.0. The van der Waals surface area contributed by atoms with Gasteiger partial charge in [-0.25, -0.2) is 24.2 Å². The van der Waals surface area contributed by atoms with Gasteiger partial charge in [-0.05, 0) is 112 Å². The second kappa shape index (κ2) is 57.5. The lowest BCUT2D eigenvalue weighted by molar-refractivity contribution is -0.192. The summed E-state index contributed by atoms with van der Waals surface area (Å²) in [5.74, 6) is -17.0.